The number of nitrogens with one attached hydrogen (secondary N) is 1. The first-order valence-electron chi connectivity index (χ1n) is 8.23. The Morgan fingerprint density at radius 3 is 1.96 bits per heavy atom. The van der Waals surface area contributed by atoms with Crippen LogP contribution in [0.5, 0.6) is 0 Å². The summed E-state index contributed by atoms with van der Waals surface area (Å²) in [5.74, 6) is -0.270. The predicted octanol–water partition coefficient (Wildman–Crippen LogP) is -2.05. The van der Waals surface area contributed by atoms with Crippen molar-refractivity contribution in [2.45, 2.75) is 62.5 Å². The predicted molar refractivity (Wildman–Crippen MR) is 85.2 cm³/mol. The van der Waals surface area contributed by atoms with Crippen molar-refractivity contribution in [2.24, 2.45) is 11.7 Å². The largest absolute Gasteiger partial charge is 0.391 e. The number of aliphatic hydroxyl groups excluding tert-OH is 2. The Bertz CT molecular complexity index is 415. The molecule has 0 aromatic rings. The molecule has 2 heterocycles. The van der Waals surface area contributed by atoms with Crippen LogP contribution in [0.15, 0.2) is 0 Å². The van der Waals surface area contributed by atoms with Gasteiger partial charge in [-0.15, -0.1) is 0 Å². The van der Waals surface area contributed by atoms with Gasteiger partial charge in [-0.05, 0) is 7.05 Å². The van der Waals surface area contributed by atoms with E-state index in [0.717, 1.165) is 0 Å². The van der Waals surface area contributed by atoms with E-state index in [1.54, 1.807) is 7.05 Å². The minimum atomic E-state index is -1.12. The van der Waals surface area contributed by atoms with Crippen LogP contribution in [-0.2, 0) is 28.4 Å². The molecule has 0 aromatic heterocycles. The van der Waals surface area contributed by atoms with E-state index in [0.29, 0.717) is 0 Å². The molecule has 2 aliphatic rings. The second-order valence-corrected chi connectivity index (χ2v) is 6.29. The van der Waals surface area contributed by atoms with Gasteiger partial charge >= 0.3 is 0 Å². The molecule has 2 aliphatic heterocycles. The zero-order valence-corrected chi connectivity index (χ0v) is 15.2. The van der Waals surface area contributed by atoms with Crippen molar-refractivity contribution < 1.29 is 38.6 Å². The molecular weight excluding hydrogens is 336 g/mol. The fraction of sp³-hybridized carbons (Fsp3) is 1.00. The summed E-state index contributed by atoms with van der Waals surface area (Å²) in [7, 11) is 6.01. The standard InChI is InChI=1S/C15H30N2O8/c1-6-9(18)8(17-2)14(24-12(6)20-3)23-11-10(19)7(16)13(21-4)25-15(11)22-5/h6-15,17-19H,16H2,1-5H3/t6-,7?,8?,9+,10?,11+,12?,13+,14-,15+/m1/s1. The van der Waals surface area contributed by atoms with Gasteiger partial charge in [0, 0.05) is 27.2 Å². The van der Waals surface area contributed by atoms with Gasteiger partial charge in [0.15, 0.2) is 25.2 Å². The molecule has 148 valence electrons. The molecule has 10 heteroatoms. The van der Waals surface area contributed by atoms with Crippen LogP contribution in [-0.4, -0.2) is 94.1 Å². The lowest BCUT2D eigenvalue weighted by molar-refractivity contribution is -0.371. The van der Waals surface area contributed by atoms with Crippen molar-refractivity contribution in [3.05, 3.63) is 0 Å². The third kappa shape index (κ3) is 4.14. The van der Waals surface area contributed by atoms with E-state index in [-0.39, 0.29) is 5.92 Å². The van der Waals surface area contributed by atoms with Gasteiger partial charge in [-0.25, -0.2) is 0 Å². The highest BCUT2D eigenvalue weighted by atomic mass is 16.8. The Labute approximate surface area is 147 Å². The highest BCUT2D eigenvalue weighted by Gasteiger charge is 2.50. The quantitative estimate of drug-likeness (QED) is 0.416. The minimum absolute atomic E-state index is 0.270. The summed E-state index contributed by atoms with van der Waals surface area (Å²) in [6.45, 7) is 1.81. The number of rotatable bonds is 6. The third-order valence-corrected chi connectivity index (χ3v) is 4.80. The monoisotopic (exact) mass is 366 g/mol. The fourth-order valence-corrected chi connectivity index (χ4v) is 3.23. The van der Waals surface area contributed by atoms with E-state index in [1.165, 1.54) is 21.3 Å². The molecule has 4 unspecified atom stereocenters. The van der Waals surface area contributed by atoms with Gasteiger partial charge in [0.1, 0.15) is 12.2 Å². The zero-order valence-electron chi connectivity index (χ0n) is 15.2. The summed E-state index contributed by atoms with van der Waals surface area (Å²) in [5, 5.41) is 24.0. The summed E-state index contributed by atoms with van der Waals surface area (Å²) in [6, 6.07) is -1.37. The number of hydrogen-bond acceptors (Lipinski definition) is 10. The second-order valence-electron chi connectivity index (χ2n) is 6.29. The van der Waals surface area contributed by atoms with Crippen LogP contribution >= 0.6 is 0 Å². The Morgan fingerprint density at radius 2 is 1.44 bits per heavy atom. The third-order valence-electron chi connectivity index (χ3n) is 4.80. The van der Waals surface area contributed by atoms with Crippen LogP contribution in [0.4, 0.5) is 0 Å². The van der Waals surface area contributed by atoms with Crippen molar-refractivity contribution in [1.29, 1.82) is 0 Å². The van der Waals surface area contributed by atoms with Crippen molar-refractivity contribution in [3.63, 3.8) is 0 Å². The molecule has 0 aromatic carbocycles. The van der Waals surface area contributed by atoms with Gasteiger partial charge in [0.25, 0.3) is 0 Å². The molecule has 2 saturated heterocycles. The first-order valence-corrected chi connectivity index (χ1v) is 8.23. The summed E-state index contributed by atoms with van der Waals surface area (Å²) < 4.78 is 32.9. The summed E-state index contributed by atoms with van der Waals surface area (Å²) in [6.07, 6.45) is -6.16. The molecular formula is C15H30N2O8. The molecule has 0 spiro atoms. The smallest absolute Gasteiger partial charge is 0.189 e. The molecule has 0 saturated carbocycles. The van der Waals surface area contributed by atoms with E-state index in [2.05, 4.69) is 5.32 Å². The van der Waals surface area contributed by atoms with Gasteiger partial charge in [-0.1, -0.05) is 6.92 Å². The molecule has 10 nitrogen and oxygen atoms in total. The Morgan fingerprint density at radius 1 is 0.880 bits per heavy atom. The van der Waals surface area contributed by atoms with Crippen molar-refractivity contribution >= 4 is 0 Å². The number of likely N-dealkylation sites (N-methyl/N-ethyl adjacent to an activating group) is 1. The highest BCUT2D eigenvalue weighted by molar-refractivity contribution is 4.93. The molecule has 5 N–H and O–H groups in total. The average molecular weight is 366 g/mol. The lowest BCUT2D eigenvalue weighted by Crippen LogP contribution is -2.66. The topological polar surface area (TPSA) is 134 Å². The molecule has 2 fully saturated rings. The maximum absolute atomic E-state index is 10.5. The van der Waals surface area contributed by atoms with E-state index in [9.17, 15) is 10.2 Å². The van der Waals surface area contributed by atoms with Crippen LogP contribution in [0, 0.1) is 5.92 Å². The van der Waals surface area contributed by atoms with Gasteiger partial charge in [0.05, 0.1) is 18.2 Å². The Kier molecular flexibility index (Phi) is 7.52. The summed E-state index contributed by atoms with van der Waals surface area (Å²) in [4.78, 5) is 0. The van der Waals surface area contributed by atoms with Crippen LogP contribution in [0.1, 0.15) is 6.92 Å². The van der Waals surface area contributed by atoms with Crippen LogP contribution in [0.25, 0.3) is 0 Å². The Hall–Kier alpha value is -0.400. The number of aliphatic hydroxyl groups is 2. The van der Waals surface area contributed by atoms with Crippen LogP contribution in [0.2, 0.25) is 0 Å². The second kappa shape index (κ2) is 9.00. The highest BCUT2D eigenvalue weighted by Crippen LogP contribution is 2.31. The number of hydrogen-bond donors (Lipinski definition) is 4. The normalized spacial score (nSPS) is 48.5. The lowest BCUT2D eigenvalue weighted by atomic mass is 9.93. The van der Waals surface area contributed by atoms with Crippen LogP contribution < -0.4 is 11.1 Å². The lowest BCUT2D eigenvalue weighted by Gasteiger charge is -2.47. The average Bonchev–Trinajstić information content (AvgIpc) is 2.62. The van der Waals surface area contributed by atoms with Gasteiger partial charge in [-0.2, -0.15) is 0 Å². The van der Waals surface area contributed by atoms with E-state index < -0.39 is 55.6 Å². The van der Waals surface area contributed by atoms with E-state index >= 15 is 0 Å². The SMILES string of the molecule is CNC1[C@H](O[C@H]2C(O)C(N)[C@@H](OC)O[C@@H]2OC)OC(OC)[C@H](C)[C@@H]1O. The van der Waals surface area contributed by atoms with Crippen molar-refractivity contribution in [3.8, 4) is 0 Å². The van der Waals surface area contributed by atoms with Gasteiger partial charge < -0.3 is 49.7 Å². The minimum Gasteiger partial charge on any atom is -0.391 e. The molecule has 25 heavy (non-hydrogen) atoms. The molecule has 10 atom stereocenters. The molecule has 0 amide bonds. The van der Waals surface area contributed by atoms with Gasteiger partial charge in [0.2, 0.25) is 0 Å². The molecule has 2 rings (SSSR count). The Balaban J connectivity index is 2.16. The first-order chi connectivity index (χ1) is 11.9. The molecule has 0 bridgehead atoms. The number of nitrogens with two attached hydrogens (primary N) is 1. The van der Waals surface area contributed by atoms with E-state index in [1.807, 2.05) is 6.92 Å². The fourth-order valence-electron chi connectivity index (χ4n) is 3.23. The van der Waals surface area contributed by atoms with E-state index in [4.69, 9.17) is 34.2 Å². The van der Waals surface area contributed by atoms with Crippen LogP contribution in [0.3, 0.4) is 0 Å². The zero-order chi connectivity index (χ0) is 18.7. The van der Waals surface area contributed by atoms with Crippen molar-refractivity contribution in [1.82, 2.24) is 5.32 Å². The maximum Gasteiger partial charge on any atom is 0.189 e. The summed E-state index contributed by atoms with van der Waals surface area (Å²) >= 11 is 0. The first kappa shape index (κ1) is 20.9. The van der Waals surface area contributed by atoms with Crippen molar-refractivity contribution in [2.75, 3.05) is 28.4 Å². The maximum atomic E-state index is 10.5. The molecule has 0 aliphatic carbocycles. The number of ether oxygens (including phenoxy) is 6. The number of methoxy groups -OCH3 is 3. The van der Waals surface area contributed by atoms with Gasteiger partial charge in [-0.3, -0.25) is 0 Å². The molecule has 0 radical (unpaired) electrons. The summed E-state index contributed by atoms with van der Waals surface area (Å²) in [5.41, 5.74) is 5.95.